The van der Waals surface area contributed by atoms with Gasteiger partial charge in [-0.15, -0.1) is 0 Å². The number of alkyl halides is 2. The molecule has 19 heavy (non-hydrogen) atoms. The van der Waals surface area contributed by atoms with E-state index in [-0.39, 0.29) is 5.75 Å². The highest BCUT2D eigenvalue weighted by Gasteiger charge is 2.06. The highest BCUT2D eigenvalue weighted by Crippen LogP contribution is 2.18. The van der Waals surface area contributed by atoms with Crippen molar-refractivity contribution in [3.63, 3.8) is 0 Å². The molecule has 104 valence electrons. The van der Waals surface area contributed by atoms with Crippen LogP contribution in [0.5, 0.6) is 5.75 Å². The van der Waals surface area contributed by atoms with Gasteiger partial charge in [0.1, 0.15) is 5.75 Å². The van der Waals surface area contributed by atoms with Gasteiger partial charge in [-0.25, -0.2) is 10.2 Å². The van der Waals surface area contributed by atoms with Crippen molar-refractivity contribution in [1.29, 1.82) is 0 Å². The fourth-order valence-corrected chi connectivity index (χ4v) is 1.30. The first-order valence-electron chi connectivity index (χ1n) is 5.38. The van der Waals surface area contributed by atoms with Crippen LogP contribution in [0.3, 0.4) is 0 Å². The number of allylic oxidation sites excluding steroid dienone is 1. The minimum atomic E-state index is -2.86. The SMILES string of the molecule is C/C=C(/NNC(=O)OC)c1ccc(OC(F)F)cc1. The van der Waals surface area contributed by atoms with Crippen LogP contribution in [0.1, 0.15) is 12.5 Å². The molecule has 0 saturated carbocycles. The third-order valence-corrected chi connectivity index (χ3v) is 2.16. The van der Waals surface area contributed by atoms with E-state index in [1.807, 2.05) is 0 Å². The van der Waals surface area contributed by atoms with Crippen molar-refractivity contribution < 1.29 is 23.0 Å². The van der Waals surface area contributed by atoms with E-state index in [1.165, 1.54) is 19.2 Å². The lowest BCUT2D eigenvalue weighted by atomic mass is 10.1. The summed E-state index contributed by atoms with van der Waals surface area (Å²) in [5.74, 6) is 0.0649. The zero-order valence-corrected chi connectivity index (χ0v) is 10.4. The highest BCUT2D eigenvalue weighted by molar-refractivity contribution is 5.70. The average molecular weight is 272 g/mol. The summed E-state index contributed by atoms with van der Waals surface area (Å²) < 4.78 is 32.6. The number of hydrazine groups is 1. The van der Waals surface area contributed by atoms with Gasteiger partial charge in [0.15, 0.2) is 0 Å². The third kappa shape index (κ3) is 4.82. The maximum Gasteiger partial charge on any atom is 0.425 e. The summed E-state index contributed by atoms with van der Waals surface area (Å²) in [5, 5.41) is 0. The minimum Gasteiger partial charge on any atom is -0.452 e. The molecule has 7 heteroatoms. The maximum atomic E-state index is 12.0. The van der Waals surface area contributed by atoms with Gasteiger partial charge in [-0.3, -0.25) is 5.43 Å². The Labute approximate surface area is 109 Å². The van der Waals surface area contributed by atoms with Gasteiger partial charge in [0.05, 0.1) is 12.8 Å². The topological polar surface area (TPSA) is 59.6 Å². The average Bonchev–Trinajstić information content (AvgIpc) is 2.40. The summed E-state index contributed by atoms with van der Waals surface area (Å²) in [6, 6.07) is 5.98. The van der Waals surface area contributed by atoms with E-state index in [9.17, 15) is 13.6 Å². The zero-order valence-electron chi connectivity index (χ0n) is 10.4. The minimum absolute atomic E-state index is 0.0649. The molecular weight excluding hydrogens is 258 g/mol. The standard InChI is InChI=1S/C12H14F2N2O3/c1-3-10(15-16-12(17)18-2)8-4-6-9(7-5-8)19-11(13)14/h3-7,11,15H,1-2H3,(H,16,17)/b10-3+. The Morgan fingerprint density at radius 3 is 2.37 bits per heavy atom. The number of methoxy groups -OCH3 is 1. The van der Waals surface area contributed by atoms with Crippen molar-refractivity contribution in [3.8, 4) is 5.75 Å². The van der Waals surface area contributed by atoms with Crippen LogP contribution in [0, 0.1) is 0 Å². The summed E-state index contributed by atoms with van der Waals surface area (Å²) in [7, 11) is 1.24. The van der Waals surface area contributed by atoms with Crippen LogP contribution < -0.4 is 15.6 Å². The van der Waals surface area contributed by atoms with E-state index in [0.29, 0.717) is 11.3 Å². The van der Waals surface area contributed by atoms with Gasteiger partial charge in [0.2, 0.25) is 0 Å². The number of rotatable bonds is 5. The van der Waals surface area contributed by atoms with Gasteiger partial charge >= 0.3 is 12.7 Å². The number of carbonyl (C=O) groups excluding carboxylic acids is 1. The molecule has 0 fully saturated rings. The fraction of sp³-hybridized carbons (Fsp3) is 0.250. The van der Waals surface area contributed by atoms with Crippen molar-refractivity contribution in [1.82, 2.24) is 10.9 Å². The lowest BCUT2D eigenvalue weighted by molar-refractivity contribution is -0.0498. The van der Waals surface area contributed by atoms with Gasteiger partial charge in [0.25, 0.3) is 0 Å². The number of carbonyl (C=O) groups is 1. The normalized spacial score (nSPS) is 11.1. The lowest BCUT2D eigenvalue weighted by Crippen LogP contribution is -2.35. The van der Waals surface area contributed by atoms with Crippen molar-refractivity contribution in [2.24, 2.45) is 0 Å². The largest absolute Gasteiger partial charge is 0.452 e. The summed E-state index contributed by atoms with van der Waals surface area (Å²) in [4.78, 5) is 10.9. The quantitative estimate of drug-likeness (QED) is 0.809. The molecule has 0 aliphatic rings. The molecule has 0 heterocycles. The summed E-state index contributed by atoms with van der Waals surface area (Å²) in [6.45, 7) is -1.10. The second-order valence-electron chi connectivity index (χ2n) is 3.35. The van der Waals surface area contributed by atoms with Gasteiger partial charge < -0.3 is 9.47 Å². The van der Waals surface area contributed by atoms with Crippen molar-refractivity contribution in [3.05, 3.63) is 35.9 Å². The van der Waals surface area contributed by atoms with E-state index < -0.39 is 12.7 Å². The van der Waals surface area contributed by atoms with Crippen LogP contribution in [0.15, 0.2) is 30.3 Å². The molecular formula is C12H14F2N2O3. The number of ether oxygens (including phenoxy) is 2. The third-order valence-electron chi connectivity index (χ3n) is 2.16. The van der Waals surface area contributed by atoms with Gasteiger partial charge in [-0.05, 0) is 36.8 Å². The Kier molecular flexibility index (Phi) is 5.59. The summed E-state index contributed by atoms with van der Waals surface area (Å²) in [5.41, 5.74) is 6.23. The molecule has 0 radical (unpaired) electrons. The lowest BCUT2D eigenvalue weighted by Gasteiger charge is -2.12. The summed E-state index contributed by atoms with van der Waals surface area (Å²) in [6.07, 6.45) is 1.07. The second-order valence-corrected chi connectivity index (χ2v) is 3.35. The number of amides is 1. The van der Waals surface area contributed by atoms with E-state index in [2.05, 4.69) is 20.3 Å². The van der Waals surface area contributed by atoms with Crippen molar-refractivity contribution in [2.45, 2.75) is 13.5 Å². The second kappa shape index (κ2) is 7.20. The molecule has 0 aromatic heterocycles. The van der Waals surface area contributed by atoms with Gasteiger partial charge in [0, 0.05) is 0 Å². The van der Waals surface area contributed by atoms with Gasteiger partial charge in [-0.2, -0.15) is 8.78 Å². The number of hydrogen-bond donors (Lipinski definition) is 2. The molecule has 0 bridgehead atoms. The first-order valence-corrected chi connectivity index (χ1v) is 5.38. The Balaban J connectivity index is 2.69. The molecule has 1 amide bonds. The van der Waals surface area contributed by atoms with E-state index in [4.69, 9.17) is 0 Å². The smallest absolute Gasteiger partial charge is 0.425 e. The fourth-order valence-electron chi connectivity index (χ4n) is 1.30. The molecule has 0 spiro atoms. The molecule has 1 aromatic rings. The predicted molar refractivity (Wildman–Crippen MR) is 65.4 cm³/mol. The molecule has 1 aromatic carbocycles. The maximum absolute atomic E-state index is 12.0. The van der Waals surface area contributed by atoms with Crippen LogP contribution in [-0.2, 0) is 4.74 Å². The monoisotopic (exact) mass is 272 g/mol. The van der Waals surface area contributed by atoms with E-state index in [1.54, 1.807) is 25.1 Å². The van der Waals surface area contributed by atoms with Crippen LogP contribution in [0.25, 0.3) is 5.70 Å². The molecule has 2 N–H and O–H groups in total. The van der Waals surface area contributed by atoms with Gasteiger partial charge in [-0.1, -0.05) is 6.08 Å². The first kappa shape index (κ1) is 14.7. The molecule has 5 nitrogen and oxygen atoms in total. The number of halogens is 2. The Bertz CT molecular complexity index is 447. The number of benzene rings is 1. The van der Waals surface area contributed by atoms with E-state index in [0.717, 1.165) is 0 Å². The zero-order chi connectivity index (χ0) is 14.3. The Morgan fingerprint density at radius 2 is 1.89 bits per heavy atom. The van der Waals surface area contributed by atoms with Crippen LogP contribution in [0.4, 0.5) is 13.6 Å². The number of hydrogen-bond acceptors (Lipinski definition) is 4. The highest BCUT2D eigenvalue weighted by atomic mass is 19.3. The van der Waals surface area contributed by atoms with Crippen LogP contribution in [0.2, 0.25) is 0 Å². The summed E-state index contributed by atoms with van der Waals surface area (Å²) >= 11 is 0. The Morgan fingerprint density at radius 1 is 1.26 bits per heavy atom. The molecule has 0 aliphatic carbocycles. The van der Waals surface area contributed by atoms with Crippen LogP contribution >= 0.6 is 0 Å². The number of nitrogens with one attached hydrogen (secondary N) is 2. The van der Waals surface area contributed by atoms with Crippen molar-refractivity contribution in [2.75, 3.05) is 7.11 Å². The molecule has 0 unspecified atom stereocenters. The van der Waals surface area contributed by atoms with Crippen LogP contribution in [-0.4, -0.2) is 19.8 Å². The first-order chi connectivity index (χ1) is 9.06. The molecule has 0 atom stereocenters. The molecule has 0 aliphatic heterocycles. The molecule has 1 rings (SSSR count). The van der Waals surface area contributed by atoms with E-state index >= 15 is 0 Å². The predicted octanol–water partition coefficient (Wildman–Crippen LogP) is 2.51. The molecule has 0 saturated heterocycles. The van der Waals surface area contributed by atoms with Crippen molar-refractivity contribution >= 4 is 11.8 Å². The Hall–Kier alpha value is -2.31.